The first kappa shape index (κ1) is 14.3. The van der Waals surface area contributed by atoms with Crippen LogP contribution < -0.4 is 4.90 Å². The lowest BCUT2D eigenvalue weighted by molar-refractivity contribution is 0.0984. The molecule has 0 heterocycles. The third-order valence-electron chi connectivity index (χ3n) is 3.28. The molecule has 104 valence electrons. The fourth-order valence-corrected chi connectivity index (χ4v) is 2.13. The van der Waals surface area contributed by atoms with Gasteiger partial charge in [-0.25, -0.2) is 4.39 Å². The zero-order valence-corrected chi connectivity index (χ0v) is 11.6. The number of nitrogens with zero attached hydrogens (tertiary/aromatic N) is 1. The van der Waals surface area contributed by atoms with E-state index < -0.39 is 0 Å². The van der Waals surface area contributed by atoms with E-state index >= 15 is 0 Å². The predicted octanol–water partition coefficient (Wildman–Crippen LogP) is 3.93. The van der Waals surface area contributed by atoms with E-state index in [0.29, 0.717) is 13.0 Å². The Kier molecular flexibility index (Phi) is 4.88. The van der Waals surface area contributed by atoms with Gasteiger partial charge in [-0.3, -0.25) is 4.79 Å². The number of hydrogen-bond acceptors (Lipinski definition) is 2. The largest absolute Gasteiger partial charge is 0.371 e. The molecule has 0 bridgehead atoms. The van der Waals surface area contributed by atoms with Gasteiger partial charge < -0.3 is 4.90 Å². The van der Waals surface area contributed by atoms with Crippen molar-refractivity contribution in [2.75, 3.05) is 18.0 Å². The minimum atomic E-state index is -0.245. The molecule has 0 unspecified atom stereocenters. The van der Waals surface area contributed by atoms with Gasteiger partial charge in [0.2, 0.25) is 0 Å². The summed E-state index contributed by atoms with van der Waals surface area (Å²) in [7, 11) is 0. The molecule has 0 N–H and O–H groups in total. The van der Waals surface area contributed by atoms with Crippen molar-refractivity contribution < 1.29 is 9.18 Å². The molecule has 2 nitrogen and oxygen atoms in total. The van der Waals surface area contributed by atoms with E-state index in [2.05, 4.69) is 4.90 Å². The van der Waals surface area contributed by atoms with Crippen LogP contribution in [-0.4, -0.2) is 18.9 Å². The van der Waals surface area contributed by atoms with E-state index in [-0.39, 0.29) is 11.6 Å². The van der Waals surface area contributed by atoms with Gasteiger partial charge >= 0.3 is 0 Å². The maximum Gasteiger partial charge on any atom is 0.164 e. The molecule has 0 saturated heterocycles. The van der Waals surface area contributed by atoms with Crippen LogP contribution >= 0.6 is 0 Å². The van der Waals surface area contributed by atoms with Gasteiger partial charge in [0.25, 0.3) is 0 Å². The molecular formula is C17H18FNO. The summed E-state index contributed by atoms with van der Waals surface area (Å²) in [6, 6.07) is 15.7. The van der Waals surface area contributed by atoms with Gasteiger partial charge in [-0.1, -0.05) is 30.3 Å². The molecular weight excluding hydrogens is 253 g/mol. The van der Waals surface area contributed by atoms with Crippen molar-refractivity contribution in [2.24, 2.45) is 0 Å². The molecule has 2 aromatic carbocycles. The summed E-state index contributed by atoms with van der Waals surface area (Å²) >= 11 is 0. The number of halogens is 1. The molecule has 0 aliphatic carbocycles. The molecule has 20 heavy (non-hydrogen) atoms. The first-order chi connectivity index (χ1) is 9.70. The molecule has 0 amide bonds. The number of benzene rings is 2. The van der Waals surface area contributed by atoms with Crippen molar-refractivity contribution in [2.45, 2.75) is 13.3 Å². The minimum absolute atomic E-state index is 0.131. The highest BCUT2D eigenvalue weighted by Crippen LogP contribution is 2.15. The number of carbonyl (C=O) groups excluding carboxylic acids is 1. The maximum absolute atomic E-state index is 12.9. The normalized spacial score (nSPS) is 10.3. The summed E-state index contributed by atoms with van der Waals surface area (Å²) in [5.74, 6) is -0.115. The first-order valence-electron chi connectivity index (χ1n) is 6.79. The van der Waals surface area contributed by atoms with Crippen LogP contribution in [0.1, 0.15) is 23.7 Å². The van der Waals surface area contributed by atoms with Gasteiger partial charge in [0.15, 0.2) is 5.78 Å². The molecule has 3 heteroatoms. The van der Waals surface area contributed by atoms with E-state index in [1.54, 1.807) is 12.1 Å². The molecule has 0 fully saturated rings. The summed E-state index contributed by atoms with van der Waals surface area (Å²) in [6.45, 7) is 3.44. The fourth-order valence-electron chi connectivity index (χ4n) is 2.13. The average molecular weight is 271 g/mol. The van der Waals surface area contributed by atoms with Crippen molar-refractivity contribution in [3.63, 3.8) is 0 Å². The molecule has 0 saturated carbocycles. The van der Waals surface area contributed by atoms with Crippen molar-refractivity contribution in [3.05, 3.63) is 66.0 Å². The molecule has 0 radical (unpaired) electrons. The standard InChI is InChI=1S/C17H18FNO/c1-2-19(16-10-8-15(18)9-11-16)13-12-17(20)14-6-4-3-5-7-14/h3-11H,2,12-13H2,1H3. The van der Waals surface area contributed by atoms with Crippen molar-refractivity contribution >= 4 is 11.5 Å². The van der Waals surface area contributed by atoms with Crippen LogP contribution in [0.15, 0.2) is 54.6 Å². The lowest BCUT2D eigenvalue weighted by Gasteiger charge is -2.22. The number of anilines is 1. The summed E-state index contributed by atoms with van der Waals surface area (Å²) in [6.07, 6.45) is 0.454. The van der Waals surface area contributed by atoms with Gasteiger partial charge in [0.05, 0.1) is 0 Å². The van der Waals surface area contributed by atoms with E-state index in [4.69, 9.17) is 0 Å². The maximum atomic E-state index is 12.9. The molecule has 0 atom stereocenters. The van der Waals surface area contributed by atoms with Gasteiger partial charge in [-0.15, -0.1) is 0 Å². The summed E-state index contributed by atoms with van der Waals surface area (Å²) in [5.41, 5.74) is 1.68. The lowest BCUT2D eigenvalue weighted by Crippen LogP contribution is -2.25. The second-order valence-electron chi connectivity index (χ2n) is 4.60. The Morgan fingerprint density at radius 1 is 1.05 bits per heavy atom. The fraction of sp³-hybridized carbons (Fsp3) is 0.235. The average Bonchev–Trinajstić information content (AvgIpc) is 2.50. The Morgan fingerprint density at radius 2 is 1.70 bits per heavy atom. The third-order valence-corrected chi connectivity index (χ3v) is 3.28. The monoisotopic (exact) mass is 271 g/mol. The van der Waals surface area contributed by atoms with E-state index in [1.165, 1.54) is 12.1 Å². The number of carbonyl (C=O) groups is 1. The molecule has 0 aromatic heterocycles. The molecule has 2 aromatic rings. The second kappa shape index (κ2) is 6.85. The van der Waals surface area contributed by atoms with E-state index in [0.717, 1.165) is 17.8 Å². The molecule has 0 spiro atoms. The van der Waals surface area contributed by atoms with Gasteiger partial charge in [-0.05, 0) is 31.2 Å². The van der Waals surface area contributed by atoms with Gasteiger partial charge in [0.1, 0.15) is 5.82 Å². The number of rotatable bonds is 6. The van der Waals surface area contributed by atoms with Crippen LogP contribution in [-0.2, 0) is 0 Å². The molecule has 0 aliphatic heterocycles. The number of hydrogen-bond donors (Lipinski definition) is 0. The minimum Gasteiger partial charge on any atom is -0.371 e. The predicted molar refractivity (Wildman–Crippen MR) is 79.7 cm³/mol. The van der Waals surface area contributed by atoms with E-state index in [1.807, 2.05) is 37.3 Å². The topological polar surface area (TPSA) is 20.3 Å². The third kappa shape index (κ3) is 3.67. The Labute approximate surface area is 118 Å². The second-order valence-corrected chi connectivity index (χ2v) is 4.60. The van der Waals surface area contributed by atoms with Crippen LogP contribution in [0.25, 0.3) is 0 Å². The van der Waals surface area contributed by atoms with Crippen LogP contribution in [0, 0.1) is 5.82 Å². The van der Waals surface area contributed by atoms with Crippen molar-refractivity contribution in [1.82, 2.24) is 0 Å². The van der Waals surface area contributed by atoms with Crippen molar-refractivity contribution in [1.29, 1.82) is 0 Å². The van der Waals surface area contributed by atoms with Crippen molar-refractivity contribution in [3.8, 4) is 0 Å². The van der Waals surface area contributed by atoms with Gasteiger partial charge in [0, 0.05) is 30.8 Å². The van der Waals surface area contributed by atoms with Crippen LogP contribution in [0.2, 0.25) is 0 Å². The number of Topliss-reactive ketones (excluding diaryl/α,β-unsaturated/α-hetero) is 1. The zero-order valence-electron chi connectivity index (χ0n) is 11.6. The van der Waals surface area contributed by atoms with Crippen LogP contribution in [0.3, 0.4) is 0 Å². The number of ketones is 1. The summed E-state index contributed by atoms with van der Waals surface area (Å²) in [5, 5.41) is 0. The van der Waals surface area contributed by atoms with Crippen LogP contribution in [0.5, 0.6) is 0 Å². The SMILES string of the molecule is CCN(CCC(=O)c1ccccc1)c1ccc(F)cc1. The highest BCUT2D eigenvalue weighted by molar-refractivity contribution is 5.96. The highest BCUT2D eigenvalue weighted by Gasteiger charge is 2.09. The van der Waals surface area contributed by atoms with Crippen LogP contribution in [0.4, 0.5) is 10.1 Å². The molecule has 2 rings (SSSR count). The van der Waals surface area contributed by atoms with Gasteiger partial charge in [-0.2, -0.15) is 0 Å². The smallest absolute Gasteiger partial charge is 0.164 e. The zero-order chi connectivity index (χ0) is 14.4. The highest BCUT2D eigenvalue weighted by atomic mass is 19.1. The lowest BCUT2D eigenvalue weighted by atomic mass is 10.1. The van der Waals surface area contributed by atoms with E-state index in [9.17, 15) is 9.18 Å². The Hall–Kier alpha value is -2.16. The molecule has 0 aliphatic rings. The Balaban J connectivity index is 1.97. The summed E-state index contributed by atoms with van der Waals surface area (Å²) in [4.78, 5) is 14.1. The summed E-state index contributed by atoms with van der Waals surface area (Å²) < 4.78 is 12.9. The Bertz CT molecular complexity index is 551. The quantitative estimate of drug-likeness (QED) is 0.742. The Morgan fingerprint density at radius 3 is 2.30 bits per heavy atom. The first-order valence-corrected chi connectivity index (χ1v) is 6.79.